The van der Waals surface area contributed by atoms with E-state index in [1.54, 1.807) is 13.8 Å². The average molecular weight is 231 g/mol. The van der Waals surface area contributed by atoms with Gasteiger partial charge in [0, 0.05) is 5.54 Å². The molecule has 1 aromatic carbocycles. The lowest BCUT2D eigenvalue weighted by Crippen LogP contribution is -2.39. The van der Waals surface area contributed by atoms with Crippen LogP contribution in [0, 0.1) is 0 Å². The Kier molecular flexibility index (Phi) is 3.83. The van der Waals surface area contributed by atoms with E-state index in [1.165, 1.54) is 24.3 Å². The van der Waals surface area contributed by atoms with Gasteiger partial charge in [-0.15, -0.1) is 0 Å². The van der Waals surface area contributed by atoms with Crippen molar-refractivity contribution in [2.45, 2.75) is 32.1 Å². The molecule has 0 aromatic heterocycles. The number of hydrogen-bond donors (Lipinski definition) is 2. The van der Waals surface area contributed by atoms with Crippen LogP contribution in [0.4, 0.5) is 8.78 Å². The van der Waals surface area contributed by atoms with Crippen molar-refractivity contribution in [3.05, 3.63) is 29.8 Å². The van der Waals surface area contributed by atoms with Crippen molar-refractivity contribution in [2.75, 3.05) is 0 Å². The summed E-state index contributed by atoms with van der Waals surface area (Å²) in [5.41, 5.74) is 5.51. The van der Waals surface area contributed by atoms with Gasteiger partial charge in [-0.2, -0.15) is 8.78 Å². The van der Waals surface area contributed by atoms with Gasteiger partial charge in [0.1, 0.15) is 5.75 Å². The largest absolute Gasteiger partial charge is 0.435 e. The second-order valence-corrected chi connectivity index (χ2v) is 4.17. The molecule has 0 radical (unpaired) electrons. The van der Waals surface area contributed by atoms with Gasteiger partial charge in [-0.3, -0.25) is 0 Å². The Balaban J connectivity index is 2.79. The molecule has 3 N–H and O–H groups in total. The summed E-state index contributed by atoms with van der Waals surface area (Å²) in [5, 5.41) is 9.82. The number of hydrogen-bond acceptors (Lipinski definition) is 3. The zero-order valence-corrected chi connectivity index (χ0v) is 9.15. The molecule has 0 saturated carbocycles. The molecule has 0 heterocycles. The predicted molar refractivity (Wildman–Crippen MR) is 56.3 cm³/mol. The molecule has 0 aliphatic rings. The average Bonchev–Trinajstić information content (AvgIpc) is 2.15. The van der Waals surface area contributed by atoms with Crippen LogP contribution < -0.4 is 10.5 Å². The molecule has 0 aliphatic heterocycles. The second kappa shape index (κ2) is 4.76. The molecule has 16 heavy (non-hydrogen) atoms. The third kappa shape index (κ3) is 3.43. The number of alkyl halides is 2. The monoisotopic (exact) mass is 231 g/mol. The molecular formula is C11H15F2NO2. The molecule has 0 amide bonds. The Bertz CT molecular complexity index is 333. The summed E-state index contributed by atoms with van der Waals surface area (Å²) >= 11 is 0. The summed E-state index contributed by atoms with van der Waals surface area (Å²) in [6, 6.07) is 5.76. The molecule has 5 heteroatoms. The van der Waals surface area contributed by atoms with E-state index >= 15 is 0 Å². The standard InChI is InChI=1S/C11H15F2NO2/c1-11(2,14)9(15)7-3-5-8(6-4-7)16-10(12)13/h3-6,9-10,15H,14H2,1-2H3. The highest BCUT2D eigenvalue weighted by Crippen LogP contribution is 2.25. The SMILES string of the molecule is CC(C)(N)C(O)c1ccc(OC(F)F)cc1. The van der Waals surface area contributed by atoms with Crippen molar-refractivity contribution in [1.82, 2.24) is 0 Å². The fraction of sp³-hybridized carbons (Fsp3) is 0.455. The van der Waals surface area contributed by atoms with Crippen molar-refractivity contribution in [1.29, 1.82) is 0 Å². The number of aliphatic hydroxyl groups excluding tert-OH is 1. The maximum absolute atomic E-state index is 11.9. The topological polar surface area (TPSA) is 55.5 Å². The summed E-state index contributed by atoms with van der Waals surface area (Å²) in [6.45, 7) is 0.518. The minimum atomic E-state index is -2.85. The molecule has 3 nitrogen and oxygen atoms in total. The third-order valence-electron chi connectivity index (χ3n) is 2.13. The van der Waals surface area contributed by atoms with E-state index in [0.717, 1.165) is 0 Å². The predicted octanol–water partition coefficient (Wildman–Crippen LogP) is 2.06. The van der Waals surface area contributed by atoms with Gasteiger partial charge in [-0.05, 0) is 31.5 Å². The Morgan fingerprint density at radius 3 is 2.12 bits per heavy atom. The molecule has 1 aromatic rings. The number of benzene rings is 1. The molecule has 90 valence electrons. The summed E-state index contributed by atoms with van der Waals surface area (Å²) < 4.78 is 27.9. The number of ether oxygens (including phenoxy) is 1. The summed E-state index contributed by atoms with van der Waals surface area (Å²) in [7, 11) is 0. The molecule has 0 bridgehead atoms. The van der Waals surface area contributed by atoms with E-state index in [9.17, 15) is 13.9 Å². The van der Waals surface area contributed by atoms with Crippen molar-refractivity contribution in [2.24, 2.45) is 5.73 Å². The van der Waals surface area contributed by atoms with Gasteiger partial charge in [0.15, 0.2) is 0 Å². The van der Waals surface area contributed by atoms with Crippen LogP contribution in [0.2, 0.25) is 0 Å². The molecular weight excluding hydrogens is 216 g/mol. The smallest absolute Gasteiger partial charge is 0.387 e. The van der Waals surface area contributed by atoms with Crippen molar-refractivity contribution in [3.63, 3.8) is 0 Å². The van der Waals surface area contributed by atoms with Crippen LogP contribution in [0.1, 0.15) is 25.5 Å². The zero-order chi connectivity index (χ0) is 12.3. The number of halogens is 2. The minimum absolute atomic E-state index is 0.0563. The number of aliphatic hydroxyl groups is 1. The highest BCUT2D eigenvalue weighted by molar-refractivity contribution is 5.29. The first-order chi connectivity index (χ1) is 7.30. The fourth-order valence-electron chi connectivity index (χ4n) is 1.26. The normalized spacial score (nSPS) is 13.9. The Morgan fingerprint density at radius 1 is 1.25 bits per heavy atom. The van der Waals surface area contributed by atoms with E-state index in [0.29, 0.717) is 5.56 Å². The summed E-state index contributed by atoms with van der Waals surface area (Å²) in [5.74, 6) is 0.0563. The first-order valence-corrected chi connectivity index (χ1v) is 4.82. The van der Waals surface area contributed by atoms with E-state index < -0.39 is 18.3 Å². The number of nitrogens with two attached hydrogens (primary N) is 1. The van der Waals surface area contributed by atoms with Gasteiger partial charge in [-0.25, -0.2) is 0 Å². The third-order valence-corrected chi connectivity index (χ3v) is 2.13. The zero-order valence-electron chi connectivity index (χ0n) is 9.15. The molecule has 1 unspecified atom stereocenters. The molecule has 1 atom stereocenters. The van der Waals surface area contributed by atoms with E-state index in [-0.39, 0.29) is 5.75 Å². The first kappa shape index (κ1) is 12.9. The van der Waals surface area contributed by atoms with E-state index in [2.05, 4.69) is 4.74 Å². The van der Waals surface area contributed by atoms with Crippen LogP contribution in [-0.2, 0) is 0 Å². The minimum Gasteiger partial charge on any atom is -0.435 e. The van der Waals surface area contributed by atoms with Crippen LogP contribution in [0.15, 0.2) is 24.3 Å². The van der Waals surface area contributed by atoms with Crippen molar-refractivity contribution >= 4 is 0 Å². The maximum Gasteiger partial charge on any atom is 0.387 e. The first-order valence-electron chi connectivity index (χ1n) is 4.82. The van der Waals surface area contributed by atoms with E-state index in [4.69, 9.17) is 5.73 Å². The van der Waals surface area contributed by atoms with Gasteiger partial charge in [-0.1, -0.05) is 12.1 Å². The van der Waals surface area contributed by atoms with E-state index in [1.807, 2.05) is 0 Å². The molecule has 0 saturated heterocycles. The highest BCUT2D eigenvalue weighted by Gasteiger charge is 2.24. The summed E-state index contributed by atoms with van der Waals surface area (Å²) in [4.78, 5) is 0. The summed E-state index contributed by atoms with van der Waals surface area (Å²) in [6.07, 6.45) is -0.854. The molecule has 0 aliphatic carbocycles. The van der Waals surface area contributed by atoms with Gasteiger partial charge < -0.3 is 15.6 Å². The van der Waals surface area contributed by atoms with Crippen molar-refractivity contribution < 1.29 is 18.6 Å². The van der Waals surface area contributed by atoms with Gasteiger partial charge in [0.25, 0.3) is 0 Å². The quantitative estimate of drug-likeness (QED) is 0.833. The molecule has 1 rings (SSSR count). The lowest BCUT2D eigenvalue weighted by Gasteiger charge is -2.26. The van der Waals surface area contributed by atoms with Crippen LogP contribution in [0.3, 0.4) is 0 Å². The highest BCUT2D eigenvalue weighted by atomic mass is 19.3. The lowest BCUT2D eigenvalue weighted by atomic mass is 9.92. The Hall–Kier alpha value is -1.20. The second-order valence-electron chi connectivity index (χ2n) is 4.17. The lowest BCUT2D eigenvalue weighted by molar-refractivity contribution is -0.0498. The van der Waals surface area contributed by atoms with Crippen LogP contribution >= 0.6 is 0 Å². The van der Waals surface area contributed by atoms with Gasteiger partial charge >= 0.3 is 6.61 Å². The van der Waals surface area contributed by atoms with Crippen LogP contribution in [0.5, 0.6) is 5.75 Å². The molecule has 0 spiro atoms. The van der Waals surface area contributed by atoms with Crippen LogP contribution in [0.25, 0.3) is 0 Å². The Morgan fingerprint density at radius 2 is 1.75 bits per heavy atom. The van der Waals surface area contributed by atoms with Gasteiger partial charge in [0.2, 0.25) is 0 Å². The Labute approximate surface area is 92.8 Å². The van der Waals surface area contributed by atoms with Gasteiger partial charge in [0.05, 0.1) is 6.10 Å². The fourth-order valence-corrected chi connectivity index (χ4v) is 1.26. The van der Waals surface area contributed by atoms with Crippen molar-refractivity contribution in [3.8, 4) is 5.75 Å². The number of rotatable bonds is 4. The van der Waals surface area contributed by atoms with Crippen LogP contribution in [-0.4, -0.2) is 17.3 Å². The molecule has 0 fully saturated rings. The maximum atomic E-state index is 11.9.